The minimum absolute atomic E-state index is 0.0288. The van der Waals surface area contributed by atoms with Crippen LogP contribution in [0.3, 0.4) is 0 Å². The number of aromatic nitrogens is 2. The molecule has 7 heteroatoms. The molecule has 31 heavy (non-hydrogen) atoms. The lowest BCUT2D eigenvalue weighted by atomic mass is 9.98. The lowest BCUT2D eigenvalue weighted by molar-refractivity contribution is -0.385. The van der Waals surface area contributed by atoms with Crippen molar-refractivity contribution in [1.29, 1.82) is 0 Å². The van der Waals surface area contributed by atoms with Crippen LogP contribution in [-0.4, -0.2) is 20.6 Å². The van der Waals surface area contributed by atoms with Crippen LogP contribution in [0, 0.1) is 17.0 Å². The smallest absolute Gasteiger partial charge is 0.274 e. The summed E-state index contributed by atoms with van der Waals surface area (Å²) in [6.07, 6.45) is 3.65. The Morgan fingerprint density at radius 1 is 1.06 bits per heavy atom. The van der Waals surface area contributed by atoms with E-state index in [0.717, 1.165) is 16.7 Å². The van der Waals surface area contributed by atoms with Crippen molar-refractivity contribution in [3.63, 3.8) is 0 Å². The molecule has 0 saturated carbocycles. The van der Waals surface area contributed by atoms with E-state index in [0.29, 0.717) is 23.4 Å². The molecular formula is C24H20N4O3. The van der Waals surface area contributed by atoms with Gasteiger partial charge in [-0.1, -0.05) is 48.5 Å². The Bertz CT molecular complexity index is 1230. The number of benzene rings is 3. The number of carbonyl (C=O) groups is 1. The van der Waals surface area contributed by atoms with E-state index >= 15 is 0 Å². The number of anilines is 1. The van der Waals surface area contributed by atoms with Crippen LogP contribution in [0.4, 0.5) is 11.4 Å². The molecule has 4 rings (SSSR count). The molecule has 154 valence electrons. The van der Waals surface area contributed by atoms with E-state index in [2.05, 4.69) is 10.4 Å². The molecule has 3 aromatic carbocycles. The molecule has 1 N–H and O–H groups in total. The van der Waals surface area contributed by atoms with Gasteiger partial charge >= 0.3 is 0 Å². The number of rotatable bonds is 6. The van der Waals surface area contributed by atoms with Crippen molar-refractivity contribution in [3.8, 4) is 11.1 Å². The molecule has 0 radical (unpaired) electrons. The van der Waals surface area contributed by atoms with Gasteiger partial charge in [0.15, 0.2) is 0 Å². The summed E-state index contributed by atoms with van der Waals surface area (Å²) in [5.74, 6) is -0.325. The SMILES string of the molecule is Cc1ccc(NC(=O)c2ccccc2-c2ccc(Cn3cccn3)cc2)cc1[N+](=O)[O-]. The minimum Gasteiger partial charge on any atom is -0.322 e. The predicted octanol–water partition coefficient (Wildman–Crippen LogP) is 5.07. The standard InChI is InChI=1S/C24H20N4O3/c1-17-7-12-20(15-23(17)28(30)31)26-24(29)22-6-3-2-5-21(22)19-10-8-18(9-11-19)16-27-14-4-13-25-27/h2-15H,16H2,1H3,(H,26,29). The van der Waals surface area contributed by atoms with Crippen molar-refractivity contribution in [1.82, 2.24) is 9.78 Å². The van der Waals surface area contributed by atoms with Gasteiger partial charge in [0.25, 0.3) is 11.6 Å². The van der Waals surface area contributed by atoms with Crippen molar-refractivity contribution >= 4 is 17.3 Å². The van der Waals surface area contributed by atoms with Crippen LogP contribution in [0.25, 0.3) is 11.1 Å². The van der Waals surface area contributed by atoms with Gasteiger partial charge < -0.3 is 5.32 Å². The molecular weight excluding hydrogens is 392 g/mol. The summed E-state index contributed by atoms with van der Waals surface area (Å²) in [6, 6.07) is 21.8. The number of nitro groups is 1. The molecule has 0 atom stereocenters. The maximum absolute atomic E-state index is 13.0. The monoisotopic (exact) mass is 412 g/mol. The highest BCUT2D eigenvalue weighted by Crippen LogP contribution is 2.27. The van der Waals surface area contributed by atoms with Gasteiger partial charge in [-0.15, -0.1) is 0 Å². The second-order valence-corrected chi connectivity index (χ2v) is 7.16. The fraction of sp³-hybridized carbons (Fsp3) is 0.0833. The van der Waals surface area contributed by atoms with E-state index in [1.807, 2.05) is 53.3 Å². The van der Waals surface area contributed by atoms with Gasteiger partial charge in [0.1, 0.15) is 0 Å². The molecule has 0 unspecified atom stereocenters. The highest BCUT2D eigenvalue weighted by molar-refractivity contribution is 6.08. The van der Waals surface area contributed by atoms with Gasteiger partial charge in [0, 0.05) is 35.3 Å². The van der Waals surface area contributed by atoms with Gasteiger partial charge in [-0.05, 0) is 41.8 Å². The van der Waals surface area contributed by atoms with Crippen molar-refractivity contribution in [2.75, 3.05) is 5.32 Å². The number of nitrogens with zero attached hydrogens (tertiary/aromatic N) is 3. The van der Waals surface area contributed by atoms with Gasteiger partial charge in [0.05, 0.1) is 11.5 Å². The van der Waals surface area contributed by atoms with E-state index in [1.54, 1.807) is 37.4 Å². The maximum Gasteiger partial charge on any atom is 0.274 e. The molecule has 1 aromatic heterocycles. The van der Waals surface area contributed by atoms with Crippen LogP contribution in [0.1, 0.15) is 21.5 Å². The molecule has 0 aliphatic carbocycles. The number of nitro benzene ring substituents is 1. The Kier molecular flexibility index (Phi) is 5.57. The summed E-state index contributed by atoms with van der Waals surface area (Å²) in [5, 5.41) is 18.2. The molecule has 0 aliphatic rings. The first-order chi connectivity index (χ1) is 15.0. The number of aryl methyl sites for hydroxylation is 1. The third-order valence-corrected chi connectivity index (χ3v) is 5.00. The quantitative estimate of drug-likeness (QED) is 0.354. The molecule has 0 saturated heterocycles. The van der Waals surface area contributed by atoms with Gasteiger partial charge in [0.2, 0.25) is 0 Å². The molecule has 0 fully saturated rings. The Hall–Kier alpha value is -4.26. The first kappa shape index (κ1) is 20.0. The Morgan fingerprint density at radius 3 is 2.55 bits per heavy atom. The largest absolute Gasteiger partial charge is 0.322 e. The van der Waals surface area contributed by atoms with Crippen molar-refractivity contribution in [2.24, 2.45) is 0 Å². The van der Waals surface area contributed by atoms with Crippen molar-refractivity contribution in [3.05, 3.63) is 112 Å². The highest BCUT2D eigenvalue weighted by Gasteiger charge is 2.16. The summed E-state index contributed by atoms with van der Waals surface area (Å²) in [7, 11) is 0. The van der Waals surface area contributed by atoms with Crippen molar-refractivity contribution in [2.45, 2.75) is 13.5 Å². The Morgan fingerprint density at radius 2 is 1.84 bits per heavy atom. The summed E-state index contributed by atoms with van der Waals surface area (Å²) in [5.41, 5.74) is 4.17. The van der Waals surface area contributed by atoms with Crippen LogP contribution in [0.2, 0.25) is 0 Å². The molecule has 1 amide bonds. The normalized spacial score (nSPS) is 10.6. The molecule has 0 spiro atoms. The van der Waals surface area contributed by atoms with E-state index in [4.69, 9.17) is 0 Å². The average Bonchev–Trinajstić information content (AvgIpc) is 3.28. The average molecular weight is 412 g/mol. The third kappa shape index (κ3) is 4.51. The number of carbonyl (C=O) groups excluding carboxylic acids is 1. The summed E-state index contributed by atoms with van der Waals surface area (Å²) in [6.45, 7) is 2.33. The van der Waals surface area contributed by atoms with E-state index < -0.39 is 4.92 Å². The van der Waals surface area contributed by atoms with Crippen molar-refractivity contribution < 1.29 is 9.72 Å². The van der Waals surface area contributed by atoms with Gasteiger partial charge in [-0.25, -0.2) is 0 Å². The molecule has 7 nitrogen and oxygen atoms in total. The number of amides is 1. The Balaban J connectivity index is 1.58. The number of hydrogen-bond acceptors (Lipinski definition) is 4. The van der Waals surface area contributed by atoms with Crippen LogP contribution in [0.15, 0.2) is 85.2 Å². The molecule has 4 aromatic rings. The summed E-state index contributed by atoms with van der Waals surface area (Å²) >= 11 is 0. The Labute approximate surface area is 179 Å². The van der Waals surface area contributed by atoms with Crippen LogP contribution in [0.5, 0.6) is 0 Å². The lowest BCUT2D eigenvalue weighted by Gasteiger charge is -2.11. The number of hydrogen-bond donors (Lipinski definition) is 1. The summed E-state index contributed by atoms with van der Waals surface area (Å²) < 4.78 is 1.84. The minimum atomic E-state index is -0.455. The zero-order valence-electron chi connectivity index (χ0n) is 16.9. The molecule has 1 heterocycles. The maximum atomic E-state index is 13.0. The lowest BCUT2D eigenvalue weighted by Crippen LogP contribution is -2.13. The first-order valence-electron chi connectivity index (χ1n) is 9.73. The van der Waals surface area contributed by atoms with Crippen LogP contribution < -0.4 is 5.32 Å². The van der Waals surface area contributed by atoms with Crippen LogP contribution in [-0.2, 0) is 6.54 Å². The zero-order chi connectivity index (χ0) is 21.8. The van der Waals surface area contributed by atoms with Gasteiger partial charge in [-0.2, -0.15) is 5.10 Å². The highest BCUT2D eigenvalue weighted by atomic mass is 16.6. The number of nitrogens with one attached hydrogen (secondary N) is 1. The van der Waals surface area contributed by atoms with E-state index in [1.165, 1.54) is 6.07 Å². The fourth-order valence-electron chi connectivity index (χ4n) is 3.39. The van der Waals surface area contributed by atoms with E-state index in [9.17, 15) is 14.9 Å². The molecule has 0 bridgehead atoms. The fourth-order valence-corrected chi connectivity index (χ4v) is 3.39. The zero-order valence-corrected chi connectivity index (χ0v) is 16.9. The predicted molar refractivity (Wildman–Crippen MR) is 119 cm³/mol. The second-order valence-electron chi connectivity index (χ2n) is 7.16. The van der Waals surface area contributed by atoms with E-state index in [-0.39, 0.29) is 11.6 Å². The van der Waals surface area contributed by atoms with Crippen LogP contribution >= 0.6 is 0 Å². The topological polar surface area (TPSA) is 90.1 Å². The third-order valence-electron chi connectivity index (χ3n) is 5.00. The molecule has 0 aliphatic heterocycles. The first-order valence-corrected chi connectivity index (χ1v) is 9.73. The summed E-state index contributed by atoms with van der Waals surface area (Å²) in [4.78, 5) is 23.7. The van der Waals surface area contributed by atoms with Gasteiger partial charge in [-0.3, -0.25) is 19.6 Å². The second kappa shape index (κ2) is 8.62.